The molecule has 0 amide bonds. The van der Waals surface area contributed by atoms with Crippen LogP contribution in [0.5, 0.6) is 0 Å². The molecule has 0 heterocycles. The molecular formula is C15H8AsINO3. The van der Waals surface area contributed by atoms with Crippen molar-refractivity contribution in [3.63, 3.8) is 0 Å². The van der Waals surface area contributed by atoms with E-state index in [-0.39, 0.29) is 15.7 Å². The van der Waals surface area contributed by atoms with E-state index in [1.807, 2.05) is 12.1 Å². The molecule has 0 saturated heterocycles. The molecule has 1 radical (unpaired) electrons. The van der Waals surface area contributed by atoms with Crippen LogP contribution in [0.4, 0.5) is 0 Å². The maximum atomic E-state index is 12.3. The van der Waals surface area contributed by atoms with Gasteiger partial charge in [0.1, 0.15) is 0 Å². The zero-order valence-corrected chi connectivity index (χ0v) is 14.6. The summed E-state index contributed by atoms with van der Waals surface area (Å²) >= 11 is 1.16. The molecule has 2 aromatic carbocycles. The molecule has 0 aliphatic carbocycles. The molecule has 0 aromatic heterocycles. The van der Waals surface area contributed by atoms with Crippen LogP contribution in [0.15, 0.2) is 42.5 Å². The monoisotopic (exact) mass is 452 g/mol. The van der Waals surface area contributed by atoms with Gasteiger partial charge in [-0.25, -0.2) is 0 Å². The number of benzene rings is 2. The van der Waals surface area contributed by atoms with E-state index in [2.05, 4.69) is 22.6 Å². The average Bonchev–Trinajstić information content (AvgIpc) is 2.47. The Morgan fingerprint density at radius 3 is 2.57 bits per heavy atom. The second-order valence-corrected chi connectivity index (χ2v) is 7.65. The second-order valence-electron chi connectivity index (χ2n) is 4.08. The van der Waals surface area contributed by atoms with Gasteiger partial charge in [0.2, 0.25) is 0 Å². The molecule has 6 heteroatoms. The molecule has 0 aliphatic heterocycles. The van der Waals surface area contributed by atoms with Crippen molar-refractivity contribution in [1.29, 1.82) is 5.26 Å². The van der Waals surface area contributed by atoms with Crippen LogP contribution in [-0.2, 0) is 0 Å². The number of rotatable bonds is 4. The van der Waals surface area contributed by atoms with Gasteiger partial charge in [0.15, 0.2) is 0 Å². The number of carboxylic acid groups (broad SMARTS) is 1. The van der Waals surface area contributed by atoms with Crippen LogP contribution in [0, 0.1) is 14.9 Å². The van der Waals surface area contributed by atoms with Crippen LogP contribution < -0.4 is 4.35 Å². The Kier molecular flexibility index (Phi) is 5.16. The molecule has 0 spiro atoms. The fraction of sp³-hybridized carbons (Fsp3) is 0. The third-order valence-corrected chi connectivity index (χ3v) is 5.61. The van der Waals surface area contributed by atoms with Crippen molar-refractivity contribution in [2.45, 2.75) is 0 Å². The fourth-order valence-corrected chi connectivity index (χ4v) is 4.14. The van der Waals surface area contributed by atoms with Crippen molar-refractivity contribution in [1.82, 2.24) is 0 Å². The summed E-state index contributed by atoms with van der Waals surface area (Å²) in [4.78, 5) is 23.5. The van der Waals surface area contributed by atoms with Gasteiger partial charge in [-0.15, -0.1) is 0 Å². The Bertz CT molecular complexity index is 768. The number of carbonyl (C=O) groups is 2. The molecule has 103 valence electrons. The van der Waals surface area contributed by atoms with Gasteiger partial charge in [-0.05, 0) is 0 Å². The van der Waals surface area contributed by atoms with Crippen LogP contribution >= 0.6 is 22.6 Å². The van der Waals surface area contributed by atoms with Crippen molar-refractivity contribution in [2.24, 2.45) is 0 Å². The number of halogens is 1. The van der Waals surface area contributed by atoms with Crippen molar-refractivity contribution in [3.8, 4) is 6.07 Å². The molecular weight excluding hydrogens is 444 g/mol. The average molecular weight is 452 g/mol. The first-order valence-electron chi connectivity index (χ1n) is 5.80. The molecule has 1 N–H and O–H groups in total. The Balaban J connectivity index is 2.33. The van der Waals surface area contributed by atoms with Crippen LogP contribution in [0.2, 0.25) is 0 Å². The van der Waals surface area contributed by atoms with Gasteiger partial charge in [-0.1, -0.05) is 0 Å². The van der Waals surface area contributed by atoms with Crippen molar-refractivity contribution >= 4 is 53.2 Å². The van der Waals surface area contributed by atoms with Gasteiger partial charge < -0.3 is 0 Å². The first-order chi connectivity index (χ1) is 10.0. The van der Waals surface area contributed by atoms with E-state index in [0.717, 1.165) is 3.57 Å². The summed E-state index contributed by atoms with van der Waals surface area (Å²) in [6, 6.07) is 13.5. The predicted molar refractivity (Wildman–Crippen MR) is 87.0 cm³/mol. The zero-order chi connectivity index (χ0) is 15.4. The van der Waals surface area contributed by atoms with Gasteiger partial charge in [-0.3, -0.25) is 0 Å². The molecule has 0 fully saturated rings. The summed E-state index contributed by atoms with van der Waals surface area (Å²) < 4.78 is 1.40. The number of nitriles is 1. The second kappa shape index (κ2) is 6.88. The number of hydrogen-bond acceptors (Lipinski definition) is 3. The summed E-state index contributed by atoms with van der Waals surface area (Å²) in [6.45, 7) is 0. The van der Waals surface area contributed by atoms with Crippen LogP contribution in [0.25, 0.3) is 0 Å². The molecule has 0 saturated carbocycles. The maximum absolute atomic E-state index is 12.3. The molecule has 0 atom stereocenters. The summed E-state index contributed by atoms with van der Waals surface area (Å²) in [5.74, 6) is -1.12. The number of hydrogen-bond donors (Lipinski definition) is 1. The SMILES string of the molecule is N#Cc1ccc([As]C(=O)c2cccc(I)c2)c(C(=O)O)c1. The standard InChI is InChI=1S/C15H8AsINO3/c17-11-3-1-2-10(7-11)14(19)16-13-5-4-9(8-18)6-12(13)15(20)21/h1-7H,(H,20,21). The van der Waals surface area contributed by atoms with Crippen molar-refractivity contribution in [2.75, 3.05) is 0 Å². The van der Waals surface area contributed by atoms with E-state index in [1.165, 1.54) is 6.07 Å². The minimum absolute atomic E-state index is 0.0352. The van der Waals surface area contributed by atoms with Crippen LogP contribution in [0.3, 0.4) is 0 Å². The third kappa shape index (κ3) is 3.93. The Morgan fingerprint density at radius 1 is 1.19 bits per heavy atom. The van der Waals surface area contributed by atoms with E-state index in [1.54, 1.807) is 30.3 Å². The molecule has 2 rings (SSSR count). The van der Waals surface area contributed by atoms with E-state index in [4.69, 9.17) is 5.26 Å². The van der Waals surface area contributed by atoms with E-state index < -0.39 is 21.7 Å². The Morgan fingerprint density at radius 2 is 1.95 bits per heavy atom. The molecule has 0 bridgehead atoms. The van der Waals surface area contributed by atoms with Gasteiger partial charge in [-0.2, -0.15) is 0 Å². The van der Waals surface area contributed by atoms with Gasteiger partial charge in [0.05, 0.1) is 0 Å². The normalized spacial score (nSPS) is 10.5. The number of nitrogens with zero attached hydrogens (tertiary/aromatic N) is 1. The quantitative estimate of drug-likeness (QED) is 0.569. The fourth-order valence-electron chi connectivity index (χ4n) is 1.67. The summed E-state index contributed by atoms with van der Waals surface area (Å²) in [5.41, 5.74) is 0.898. The Hall–Kier alpha value is -1.64. The number of carboxylic acids is 1. The number of aromatic carboxylic acids is 1. The van der Waals surface area contributed by atoms with Gasteiger partial charge in [0, 0.05) is 0 Å². The summed E-state index contributed by atoms with van der Waals surface area (Å²) in [7, 11) is 0. The van der Waals surface area contributed by atoms with Crippen molar-refractivity contribution in [3.05, 3.63) is 62.7 Å². The number of carbonyl (C=O) groups excluding carboxylic acids is 1. The van der Waals surface area contributed by atoms with E-state index >= 15 is 0 Å². The topological polar surface area (TPSA) is 78.2 Å². The minimum atomic E-state index is -1.12. The first-order valence-corrected chi connectivity index (χ1v) is 8.76. The van der Waals surface area contributed by atoms with Gasteiger partial charge in [0.25, 0.3) is 0 Å². The molecule has 0 unspecified atom stereocenters. The predicted octanol–water partition coefficient (Wildman–Crippen LogP) is 2.03. The van der Waals surface area contributed by atoms with Crippen molar-refractivity contribution < 1.29 is 14.7 Å². The molecule has 21 heavy (non-hydrogen) atoms. The molecule has 2 aromatic rings. The zero-order valence-electron chi connectivity index (χ0n) is 10.6. The van der Waals surface area contributed by atoms with Crippen LogP contribution in [0.1, 0.15) is 26.3 Å². The van der Waals surface area contributed by atoms with Crippen LogP contribution in [-0.4, -0.2) is 31.4 Å². The molecule has 0 aliphatic rings. The Labute approximate surface area is 141 Å². The van der Waals surface area contributed by atoms with E-state index in [9.17, 15) is 14.7 Å². The third-order valence-electron chi connectivity index (χ3n) is 2.65. The molecule has 4 nitrogen and oxygen atoms in total. The summed E-state index contributed by atoms with van der Waals surface area (Å²) in [5, 5.41) is 18.0. The van der Waals surface area contributed by atoms with E-state index in [0.29, 0.717) is 9.91 Å². The first kappa shape index (κ1) is 15.7. The van der Waals surface area contributed by atoms with Gasteiger partial charge >= 0.3 is 142 Å². The summed E-state index contributed by atoms with van der Waals surface area (Å²) in [6.07, 6.45) is 0.